The van der Waals surface area contributed by atoms with Gasteiger partial charge in [-0.1, -0.05) is 37.7 Å². The molecule has 0 saturated carbocycles. The highest BCUT2D eigenvalue weighted by Gasteiger charge is 2.49. The van der Waals surface area contributed by atoms with E-state index < -0.39 is 21.7 Å². The quantitative estimate of drug-likeness (QED) is 0.794. The van der Waals surface area contributed by atoms with Gasteiger partial charge < -0.3 is 10.0 Å². The molecule has 2 atom stereocenters. The minimum Gasteiger partial charge on any atom is -0.481 e. The van der Waals surface area contributed by atoms with Crippen LogP contribution in [0.3, 0.4) is 0 Å². The number of fused-ring (bicyclic) bond motifs is 1. The predicted molar refractivity (Wildman–Crippen MR) is 106 cm³/mol. The number of hydrogen-bond donors (Lipinski definition) is 1. The number of benzene rings is 1. The van der Waals surface area contributed by atoms with Gasteiger partial charge in [0.1, 0.15) is 0 Å². The standard InChI is InChI=1S/C18H22N2O5S2/c1-11(2)12-3-5-13(6-4-12)20-14-9-27(24,25)10-15(14)26-18(20)19-16(21)7-8-17(22)23/h3-6,11,14-15H,7-10H2,1-2H3,(H,22,23)/t14-,15+/m1/s1. The Balaban J connectivity index is 1.90. The molecule has 2 saturated heterocycles. The summed E-state index contributed by atoms with van der Waals surface area (Å²) in [4.78, 5) is 28.6. The summed E-state index contributed by atoms with van der Waals surface area (Å²) in [5, 5.41) is 9.01. The number of aliphatic carboxylic acids is 1. The lowest BCUT2D eigenvalue weighted by atomic mass is 10.0. The lowest BCUT2D eigenvalue weighted by Gasteiger charge is -2.25. The summed E-state index contributed by atoms with van der Waals surface area (Å²) in [7, 11) is -3.12. The first-order valence-electron chi connectivity index (χ1n) is 8.76. The Bertz CT molecular complexity index is 878. The first-order chi connectivity index (χ1) is 12.7. The number of nitrogens with zero attached hydrogens (tertiary/aromatic N) is 2. The number of rotatable bonds is 5. The lowest BCUT2D eigenvalue weighted by molar-refractivity contribution is -0.138. The smallest absolute Gasteiger partial charge is 0.303 e. The first-order valence-corrected chi connectivity index (χ1v) is 11.5. The molecule has 2 fully saturated rings. The van der Waals surface area contributed by atoms with Gasteiger partial charge in [-0.15, -0.1) is 0 Å². The van der Waals surface area contributed by atoms with Gasteiger partial charge >= 0.3 is 5.97 Å². The molecule has 0 unspecified atom stereocenters. The topological polar surface area (TPSA) is 104 Å². The molecule has 1 N–H and O–H groups in total. The van der Waals surface area contributed by atoms with Crippen LogP contribution in [0.5, 0.6) is 0 Å². The van der Waals surface area contributed by atoms with E-state index in [4.69, 9.17) is 5.11 Å². The van der Waals surface area contributed by atoms with E-state index in [2.05, 4.69) is 18.8 Å². The second-order valence-corrected chi connectivity index (χ2v) is 10.5. The number of hydrogen-bond acceptors (Lipinski definition) is 5. The van der Waals surface area contributed by atoms with E-state index in [1.165, 1.54) is 11.8 Å². The average Bonchev–Trinajstić information content (AvgIpc) is 3.03. The van der Waals surface area contributed by atoms with Crippen molar-refractivity contribution in [3.05, 3.63) is 29.8 Å². The van der Waals surface area contributed by atoms with Crippen LogP contribution in [0.4, 0.5) is 5.69 Å². The molecule has 1 aromatic rings. The fraction of sp³-hybridized carbons (Fsp3) is 0.500. The van der Waals surface area contributed by atoms with E-state index in [1.54, 1.807) is 0 Å². The van der Waals surface area contributed by atoms with Gasteiger partial charge in [0.2, 0.25) is 5.91 Å². The van der Waals surface area contributed by atoms with Gasteiger partial charge in [0.15, 0.2) is 15.0 Å². The Hall–Kier alpha value is -1.87. The minimum absolute atomic E-state index is 0.0267. The summed E-state index contributed by atoms with van der Waals surface area (Å²) in [6, 6.07) is 7.55. The Morgan fingerprint density at radius 1 is 1.22 bits per heavy atom. The third kappa shape index (κ3) is 4.52. The Morgan fingerprint density at radius 2 is 1.89 bits per heavy atom. The molecule has 2 heterocycles. The first kappa shape index (κ1) is 19.9. The molecule has 27 heavy (non-hydrogen) atoms. The molecule has 0 aliphatic carbocycles. The number of carbonyl (C=O) groups excluding carboxylic acids is 1. The van der Waals surface area contributed by atoms with Gasteiger partial charge in [-0.2, -0.15) is 4.99 Å². The maximum atomic E-state index is 12.1. The van der Waals surface area contributed by atoms with Crippen LogP contribution in [-0.2, 0) is 19.4 Å². The van der Waals surface area contributed by atoms with Crippen molar-refractivity contribution in [1.82, 2.24) is 0 Å². The van der Waals surface area contributed by atoms with Crippen molar-refractivity contribution in [3.8, 4) is 0 Å². The Labute approximate surface area is 162 Å². The van der Waals surface area contributed by atoms with Crippen LogP contribution in [0, 0.1) is 0 Å². The normalized spacial score (nSPS) is 25.1. The summed E-state index contributed by atoms with van der Waals surface area (Å²) in [5.74, 6) is -1.10. The average molecular weight is 411 g/mol. The van der Waals surface area contributed by atoms with Crippen LogP contribution in [0.2, 0.25) is 0 Å². The van der Waals surface area contributed by atoms with Crippen molar-refractivity contribution in [3.63, 3.8) is 0 Å². The van der Waals surface area contributed by atoms with Gasteiger partial charge in [0.05, 0.1) is 24.0 Å². The second kappa shape index (κ2) is 7.63. The molecule has 3 rings (SSSR count). The molecule has 2 aliphatic heterocycles. The maximum absolute atomic E-state index is 12.1. The number of carboxylic acids is 1. The zero-order chi connectivity index (χ0) is 19.8. The summed E-state index contributed by atoms with van der Waals surface area (Å²) >= 11 is 1.29. The molecule has 1 amide bonds. The number of aliphatic imine (C=N–C) groups is 1. The van der Waals surface area contributed by atoms with E-state index >= 15 is 0 Å². The summed E-state index contributed by atoms with van der Waals surface area (Å²) < 4.78 is 24.1. The van der Waals surface area contributed by atoms with Gasteiger partial charge in [-0.25, -0.2) is 8.42 Å². The molecule has 2 aliphatic rings. The van der Waals surface area contributed by atoms with E-state index in [1.807, 2.05) is 29.2 Å². The number of anilines is 1. The molecule has 1 aromatic carbocycles. The second-order valence-electron chi connectivity index (χ2n) is 7.10. The van der Waals surface area contributed by atoms with Crippen LogP contribution in [0.1, 0.15) is 38.2 Å². The van der Waals surface area contributed by atoms with Crippen LogP contribution < -0.4 is 4.90 Å². The third-order valence-electron chi connectivity index (χ3n) is 4.68. The van der Waals surface area contributed by atoms with Gasteiger partial charge in [0, 0.05) is 17.4 Å². The van der Waals surface area contributed by atoms with E-state index in [0.29, 0.717) is 11.1 Å². The molecule has 0 aromatic heterocycles. The van der Waals surface area contributed by atoms with Crippen LogP contribution in [0.25, 0.3) is 0 Å². The van der Waals surface area contributed by atoms with Gasteiger partial charge in [0.25, 0.3) is 0 Å². The van der Waals surface area contributed by atoms with Crippen molar-refractivity contribution in [2.45, 2.75) is 43.9 Å². The Kier molecular flexibility index (Phi) is 5.62. The maximum Gasteiger partial charge on any atom is 0.303 e. The van der Waals surface area contributed by atoms with Crippen LogP contribution >= 0.6 is 11.8 Å². The SMILES string of the molecule is CC(C)c1ccc(N2C(=NC(=O)CCC(=O)O)S[C@H]3CS(=O)(=O)C[C@H]32)cc1. The third-order valence-corrected chi connectivity index (χ3v) is 7.89. The van der Waals surface area contributed by atoms with Gasteiger partial charge in [-0.3, -0.25) is 9.59 Å². The monoisotopic (exact) mass is 410 g/mol. The molecule has 9 heteroatoms. The van der Waals surface area contributed by atoms with Crippen molar-refractivity contribution >= 4 is 44.3 Å². The zero-order valence-electron chi connectivity index (χ0n) is 15.2. The number of thioether (sulfide) groups is 1. The number of carbonyl (C=O) groups is 2. The number of carboxylic acid groups (broad SMARTS) is 1. The summed E-state index contributed by atoms with van der Waals surface area (Å²) in [6.45, 7) is 4.18. The highest BCUT2D eigenvalue weighted by atomic mass is 32.2. The largest absolute Gasteiger partial charge is 0.481 e. The lowest BCUT2D eigenvalue weighted by Crippen LogP contribution is -2.37. The van der Waals surface area contributed by atoms with Crippen LogP contribution in [0.15, 0.2) is 29.3 Å². The van der Waals surface area contributed by atoms with E-state index in [-0.39, 0.29) is 35.6 Å². The van der Waals surface area contributed by atoms with Crippen molar-refractivity contribution in [1.29, 1.82) is 0 Å². The van der Waals surface area contributed by atoms with Crippen molar-refractivity contribution in [2.24, 2.45) is 4.99 Å². The number of sulfone groups is 1. The fourth-order valence-electron chi connectivity index (χ4n) is 3.26. The van der Waals surface area contributed by atoms with Gasteiger partial charge in [-0.05, 0) is 23.6 Å². The van der Waals surface area contributed by atoms with Crippen molar-refractivity contribution in [2.75, 3.05) is 16.4 Å². The number of amidine groups is 1. The highest BCUT2D eigenvalue weighted by Crippen LogP contribution is 2.41. The summed E-state index contributed by atoms with van der Waals surface area (Å²) in [6.07, 6.45) is -0.447. The number of amides is 1. The van der Waals surface area contributed by atoms with Crippen molar-refractivity contribution < 1.29 is 23.1 Å². The Morgan fingerprint density at radius 3 is 2.48 bits per heavy atom. The molecule has 0 bridgehead atoms. The van der Waals surface area contributed by atoms with E-state index in [9.17, 15) is 18.0 Å². The highest BCUT2D eigenvalue weighted by molar-refractivity contribution is 8.16. The van der Waals surface area contributed by atoms with Crippen LogP contribution in [-0.4, -0.2) is 53.4 Å². The predicted octanol–water partition coefficient (Wildman–Crippen LogP) is 2.28. The molecular formula is C18H22N2O5S2. The fourth-order valence-corrected chi connectivity index (χ4v) is 7.19. The molecule has 7 nitrogen and oxygen atoms in total. The molecule has 0 spiro atoms. The molecular weight excluding hydrogens is 388 g/mol. The minimum atomic E-state index is -3.12. The zero-order valence-corrected chi connectivity index (χ0v) is 16.8. The summed E-state index contributed by atoms with van der Waals surface area (Å²) in [5.41, 5.74) is 1.96. The van der Waals surface area contributed by atoms with E-state index in [0.717, 1.165) is 11.3 Å². The molecule has 0 radical (unpaired) electrons. The molecule has 146 valence electrons.